The van der Waals surface area contributed by atoms with Crippen molar-refractivity contribution in [1.82, 2.24) is 0 Å². The first kappa shape index (κ1) is 13.4. The van der Waals surface area contributed by atoms with Gasteiger partial charge in [-0.15, -0.1) is 0 Å². The van der Waals surface area contributed by atoms with Gasteiger partial charge in [0.2, 0.25) is 5.78 Å². The topological polar surface area (TPSA) is 41.8 Å². The number of aryl methyl sites for hydroxylation is 1. The van der Waals surface area contributed by atoms with E-state index in [1.54, 1.807) is 6.08 Å². The van der Waals surface area contributed by atoms with E-state index >= 15 is 0 Å². The largest absolute Gasteiger partial charge is 0.287 e. The van der Waals surface area contributed by atoms with Gasteiger partial charge < -0.3 is 0 Å². The molecular weight excluding hydrogens is 236 g/mol. The predicted octanol–water partition coefficient (Wildman–Crippen LogP) is 3.93. The van der Waals surface area contributed by atoms with Crippen LogP contribution < -0.4 is 0 Å². The van der Waals surface area contributed by atoms with Crippen molar-refractivity contribution in [2.75, 3.05) is 6.54 Å². The highest BCUT2D eigenvalue weighted by Crippen LogP contribution is 2.20. The zero-order chi connectivity index (χ0) is 14.0. The predicted molar refractivity (Wildman–Crippen MR) is 77.1 cm³/mol. The van der Waals surface area contributed by atoms with Gasteiger partial charge in [-0.05, 0) is 61.6 Å². The highest BCUT2D eigenvalue weighted by molar-refractivity contribution is 6.06. The van der Waals surface area contributed by atoms with Crippen LogP contribution >= 0.6 is 0 Å². The highest BCUT2D eigenvalue weighted by atomic mass is 16.1. The Balaban J connectivity index is 2.25. The van der Waals surface area contributed by atoms with Gasteiger partial charge in [0.05, 0.1) is 6.54 Å². The number of rotatable bonds is 3. The van der Waals surface area contributed by atoms with E-state index in [9.17, 15) is 4.79 Å². The molecule has 0 radical (unpaired) electrons. The lowest BCUT2D eigenvalue weighted by molar-refractivity contribution is -0.111. The lowest BCUT2D eigenvalue weighted by atomic mass is 9.98. The van der Waals surface area contributed by atoms with Crippen LogP contribution in [0, 0.1) is 20.8 Å². The van der Waals surface area contributed by atoms with Crippen LogP contribution in [0.1, 0.15) is 29.2 Å². The highest BCUT2D eigenvalue weighted by Gasteiger charge is 2.13. The van der Waals surface area contributed by atoms with Crippen LogP contribution in [-0.4, -0.2) is 12.3 Å². The second-order valence-electron chi connectivity index (χ2n) is 4.95. The molecule has 0 saturated carbocycles. The Hall–Kier alpha value is -2.03. The van der Waals surface area contributed by atoms with Crippen LogP contribution in [0.3, 0.4) is 0 Å². The first-order valence-corrected chi connectivity index (χ1v) is 6.37. The van der Waals surface area contributed by atoms with Crippen LogP contribution in [0.2, 0.25) is 0 Å². The molecule has 0 saturated heterocycles. The fraction of sp³-hybridized carbons (Fsp3) is 0.312. The summed E-state index contributed by atoms with van der Waals surface area (Å²) in [5.41, 5.74) is 6.24. The first-order chi connectivity index (χ1) is 9.00. The number of hydrogen-bond donors (Lipinski definition) is 0. The second kappa shape index (κ2) is 5.31. The molecule has 0 amide bonds. The Morgan fingerprint density at radius 1 is 1.16 bits per heavy atom. The third-order valence-electron chi connectivity index (χ3n) is 3.63. The van der Waals surface area contributed by atoms with Crippen molar-refractivity contribution in [2.45, 2.75) is 27.7 Å². The number of carbonyl (C=O) groups is 1. The smallest absolute Gasteiger partial charge is 0.206 e. The summed E-state index contributed by atoms with van der Waals surface area (Å²) >= 11 is 0. The molecule has 19 heavy (non-hydrogen) atoms. The molecule has 3 heteroatoms. The van der Waals surface area contributed by atoms with Crippen molar-refractivity contribution in [3.63, 3.8) is 0 Å². The minimum Gasteiger partial charge on any atom is -0.287 e. The normalized spacial score (nSPS) is 14.7. The Morgan fingerprint density at radius 3 is 2.53 bits per heavy atom. The lowest BCUT2D eigenvalue weighted by Gasteiger charge is -2.07. The molecule has 1 aliphatic rings. The molecule has 0 aromatic heterocycles. The fourth-order valence-corrected chi connectivity index (χ4v) is 2.03. The molecule has 0 spiro atoms. The van der Waals surface area contributed by atoms with E-state index in [0.29, 0.717) is 12.2 Å². The van der Waals surface area contributed by atoms with Crippen LogP contribution in [0.4, 0.5) is 0 Å². The minimum atomic E-state index is -0.0728. The van der Waals surface area contributed by atoms with Crippen molar-refractivity contribution in [2.24, 2.45) is 10.2 Å². The molecule has 1 aromatic carbocycles. The number of nitrogens with zero attached hydrogens (tertiary/aromatic N) is 2. The summed E-state index contributed by atoms with van der Waals surface area (Å²) in [6, 6.07) is 4.12. The molecule has 0 aliphatic carbocycles. The van der Waals surface area contributed by atoms with Gasteiger partial charge in [-0.2, -0.15) is 10.2 Å². The molecule has 3 nitrogen and oxygen atoms in total. The Kier molecular flexibility index (Phi) is 3.74. The van der Waals surface area contributed by atoms with Gasteiger partial charge in [0.15, 0.2) is 0 Å². The number of allylic oxidation sites excluding steroid dienone is 1. The zero-order valence-electron chi connectivity index (χ0n) is 11.8. The van der Waals surface area contributed by atoms with Gasteiger partial charge in [-0.3, -0.25) is 4.79 Å². The monoisotopic (exact) mass is 254 g/mol. The van der Waals surface area contributed by atoms with E-state index in [2.05, 4.69) is 37.1 Å². The zero-order valence-corrected chi connectivity index (χ0v) is 11.8. The Morgan fingerprint density at radius 2 is 1.89 bits per heavy atom. The standard InChI is InChI=1S/C16H18N2O/c1-10-5-6-14(13(4)12(10)3)7-8-15(19)16-11(2)9-17-18-16/h5-8H,9H2,1-4H3/b8-7+. The van der Waals surface area contributed by atoms with Crippen molar-refractivity contribution in [3.8, 4) is 0 Å². The summed E-state index contributed by atoms with van der Waals surface area (Å²) in [6.45, 7) is 8.70. The van der Waals surface area contributed by atoms with Crippen LogP contribution in [0.5, 0.6) is 0 Å². The summed E-state index contributed by atoms with van der Waals surface area (Å²) < 4.78 is 0. The van der Waals surface area contributed by atoms with E-state index in [0.717, 1.165) is 11.1 Å². The van der Waals surface area contributed by atoms with Crippen molar-refractivity contribution >= 4 is 11.9 Å². The Bertz CT molecular complexity index is 622. The number of benzene rings is 1. The van der Waals surface area contributed by atoms with E-state index < -0.39 is 0 Å². The molecule has 1 heterocycles. The van der Waals surface area contributed by atoms with Crippen LogP contribution in [0.25, 0.3) is 6.08 Å². The van der Waals surface area contributed by atoms with Gasteiger partial charge >= 0.3 is 0 Å². The van der Waals surface area contributed by atoms with Gasteiger partial charge in [0.25, 0.3) is 0 Å². The molecule has 2 rings (SSSR count). The summed E-state index contributed by atoms with van der Waals surface area (Å²) in [5, 5.41) is 7.75. The maximum absolute atomic E-state index is 12.0. The van der Waals surface area contributed by atoms with Crippen molar-refractivity contribution < 1.29 is 4.79 Å². The van der Waals surface area contributed by atoms with E-state index in [4.69, 9.17) is 0 Å². The quantitative estimate of drug-likeness (QED) is 0.753. The fourth-order valence-electron chi connectivity index (χ4n) is 2.03. The lowest BCUT2D eigenvalue weighted by Crippen LogP contribution is -1.97. The van der Waals surface area contributed by atoms with E-state index in [-0.39, 0.29) is 5.78 Å². The number of carbonyl (C=O) groups excluding carboxylic acids is 1. The van der Waals surface area contributed by atoms with Crippen molar-refractivity contribution in [3.05, 3.63) is 51.7 Å². The summed E-state index contributed by atoms with van der Waals surface area (Å²) in [7, 11) is 0. The maximum atomic E-state index is 12.0. The minimum absolute atomic E-state index is 0.0728. The number of azo groups is 1. The van der Waals surface area contributed by atoms with Crippen molar-refractivity contribution in [1.29, 1.82) is 0 Å². The van der Waals surface area contributed by atoms with Gasteiger partial charge in [0.1, 0.15) is 5.70 Å². The molecule has 0 atom stereocenters. The summed E-state index contributed by atoms with van der Waals surface area (Å²) in [4.78, 5) is 12.0. The molecule has 0 N–H and O–H groups in total. The Labute approximate surface area is 113 Å². The van der Waals surface area contributed by atoms with E-state index in [1.807, 2.05) is 19.1 Å². The van der Waals surface area contributed by atoms with E-state index in [1.165, 1.54) is 16.7 Å². The molecule has 98 valence electrons. The van der Waals surface area contributed by atoms with Gasteiger partial charge in [-0.25, -0.2) is 0 Å². The third-order valence-corrected chi connectivity index (χ3v) is 3.63. The second-order valence-corrected chi connectivity index (χ2v) is 4.95. The third kappa shape index (κ3) is 2.70. The average Bonchev–Trinajstić information content (AvgIpc) is 2.81. The molecule has 1 aromatic rings. The molecular formula is C16H18N2O. The molecule has 0 bridgehead atoms. The van der Waals surface area contributed by atoms with Gasteiger partial charge in [0, 0.05) is 0 Å². The summed E-state index contributed by atoms with van der Waals surface area (Å²) in [6.07, 6.45) is 3.44. The molecule has 1 aliphatic heterocycles. The van der Waals surface area contributed by atoms with Crippen LogP contribution in [0.15, 0.2) is 39.7 Å². The molecule has 0 fully saturated rings. The first-order valence-electron chi connectivity index (χ1n) is 6.37. The maximum Gasteiger partial charge on any atom is 0.206 e. The number of hydrogen-bond acceptors (Lipinski definition) is 3. The molecule has 0 unspecified atom stereocenters. The SMILES string of the molecule is CC1=C(C(=O)/C=C/c2ccc(C)c(C)c2C)N=NC1. The average molecular weight is 254 g/mol. The summed E-state index contributed by atoms with van der Waals surface area (Å²) in [5.74, 6) is -0.0728. The van der Waals surface area contributed by atoms with Gasteiger partial charge in [-0.1, -0.05) is 18.2 Å². The number of ketones is 1. The van der Waals surface area contributed by atoms with Crippen LogP contribution in [-0.2, 0) is 4.79 Å².